The molecule has 0 bridgehead atoms. The van der Waals surface area contributed by atoms with Crippen LogP contribution in [0.1, 0.15) is 49.2 Å². The third-order valence-corrected chi connectivity index (χ3v) is 5.34. The van der Waals surface area contributed by atoms with Crippen LogP contribution >= 0.6 is 0 Å². The highest BCUT2D eigenvalue weighted by Gasteiger charge is 2.28. The van der Waals surface area contributed by atoms with Gasteiger partial charge in [-0.1, -0.05) is 6.92 Å². The van der Waals surface area contributed by atoms with Crippen molar-refractivity contribution in [3.63, 3.8) is 0 Å². The monoisotopic (exact) mass is 399 g/mol. The quantitative estimate of drug-likeness (QED) is 0.648. The van der Waals surface area contributed by atoms with E-state index in [2.05, 4.69) is 4.98 Å². The van der Waals surface area contributed by atoms with Crippen LogP contribution < -0.4 is 0 Å². The Bertz CT molecular complexity index is 773. The predicted octanol–water partition coefficient (Wildman–Crippen LogP) is 3.12. The fourth-order valence-corrected chi connectivity index (χ4v) is 3.43. The van der Waals surface area contributed by atoms with Gasteiger partial charge in [0.2, 0.25) is 5.91 Å². The topological polar surface area (TPSA) is 75.9 Å². The average Bonchev–Trinajstić information content (AvgIpc) is 3.45. The molecule has 1 fully saturated rings. The van der Waals surface area contributed by atoms with Crippen LogP contribution in [0.5, 0.6) is 0 Å². The van der Waals surface area contributed by atoms with Gasteiger partial charge < -0.3 is 19.0 Å². The molecule has 1 aliphatic heterocycles. The first-order valence-corrected chi connectivity index (χ1v) is 10.2. The van der Waals surface area contributed by atoms with Crippen LogP contribution in [0.15, 0.2) is 47.3 Å². The van der Waals surface area contributed by atoms with E-state index in [1.54, 1.807) is 40.6 Å². The number of rotatable bonds is 9. The number of ether oxygens (including phenoxy) is 1. The summed E-state index contributed by atoms with van der Waals surface area (Å²) < 4.78 is 11.2. The van der Waals surface area contributed by atoms with Crippen LogP contribution in [0.25, 0.3) is 0 Å². The van der Waals surface area contributed by atoms with E-state index in [9.17, 15) is 9.59 Å². The van der Waals surface area contributed by atoms with E-state index in [1.807, 2.05) is 26.0 Å². The minimum absolute atomic E-state index is 0.0175. The van der Waals surface area contributed by atoms with Gasteiger partial charge in [-0.15, -0.1) is 0 Å². The van der Waals surface area contributed by atoms with E-state index >= 15 is 0 Å². The summed E-state index contributed by atoms with van der Waals surface area (Å²) >= 11 is 0. The van der Waals surface area contributed by atoms with Gasteiger partial charge in [0.05, 0.1) is 18.9 Å². The average molecular weight is 399 g/mol. The maximum atomic E-state index is 13.2. The Labute approximate surface area is 171 Å². The molecule has 7 nitrogen and oxygen atoms in total. The van der Waals surface area contributed by atoms with Crippen molar-refractivity contribution in [2.75, 3.05) is 19.7 Å². The number of pyridine rings is 1. The largest absolute Gasteiger partial charge is 0.467 e. The normalized spacial score (nSPS) is 17.1. The summed E-state index contributed by atoms with van der Waals surface area (Å²) in [4.78, 5) is 33.6. The molecule has 2 amide bonds. The lowest BCUT2D eigenvalue weighted by Crippen LogP contribution is -2.47. The third-order valence-electron chi connectivity index (χ3n) is 5.34. The molecule has 2 atom stereocenters. The highest BCUT2D eigenvalue weighted by atomic mass is 16.5. The van der Waals surface area contributed by atoms with Gasteiger partial charge in [0.1, 0.15) is 12.3 Å². The summed E-state index contributed by atoms with van der Waals surface area (Å²) in [5.74, 6) is 0.441. The lowest BCUT2D eigenvalue weighted by atomic mass is 10.1. The van der Waals surface area contributed by atoms with E-state index in [-0.39, 0.29) is 30.5 Å². The van der Waals surface area contributed by atoms with Gasteiger partial charge in [0.25, 0.3) is 5.91 Å². The Morgan fingerprint density at radius 1 is 1.28 bits per heavy atom. The van der Waals surface area contributed by atoms with Crippen molar-refractivity contribution in [3.05, 3.63) is 54.2 Å². The Morgan fingerprint density at radius 2 is 2.07 bits per heavy atom. The van der Waals surface area contributed by atoms with Crippen LogP contribution in [-0.4, -0.2) is 58.4 Å². The number of carbonyl (C=O) groups is 2. The molecule has 2 aromatic rings. The molecule has 0 unspecified atom stereocenters. The Balaban J connectivity index is 1.75. The van der Waals surface area contributed by atoms with Gasteiger partial charge in [0.15, 0.2) is 0 Å². The van der Waals surface area contributed by atoms with Crippen molar-refractivity contribution >= 4 is 11.8 Å². The van der Waals surface area contributed by atoms with E-state index in [0.29, 0.717) is 24.4 Å². The molecule has 0 radical (unpaired) electrons. The first-order chi connectivity index (χ1) is 14.1. The molecule has 29 heavy (non-hydrogen) atoms. The number of nitrogens with zero attached hydrogens (tertiary/aromatic N) is 3. The van der Waals surface area contributed by atoms with Crippen LogP contribution in [0.2, 0.25) is 0 Å². The highest BCUT2D eigenvalue weighted by Crippen LogP contribution is 2.17. The van der Waals surface area contributed by atoms with Gasteiger partial charge in [-0.2, -0.15) is 0 Å². The van der Waals surface area contributed by atoms with Crippen LogP contribution in [0.3, 0.4) is 0 Å². The summed E-state index contributed by atoms with van der Waals surface area (Å²) in [5, 5.41) is 0. The second-order valence-electron chi connectivity index (χ2n) is 7.41. The maximum absolute atomic E-state index is 13.2. The van der Waals surface area contributed by atoms with Crippen molar-refractivity contribution in [2.24, 2.45) is 0 Å². The number of aromatic nitrogens is 1. The highest BCUT2D eigenvalue weighted by molar-refractivity contribution is 5.96. The van der Waals surface area contributed by atoms with Crippen LogP contribution in [0.4, 0.5) is 0 Å². The van der Waals surface area contributed by atoms with Gasteiger partial charge >= 0.3 is 0 Å². The zero-order valence-corrected chi connectivity index (χ0v) is 17.1. The molecule has 3 rings (SSSR count). The first-order valence-electron chi connectivity index (χ1n) is 10.2. The number of furan rings is 1. The zero-order chi connectivity index (χ0) is 20.6. The minimum atomic E-state index is -0.162. The molecule has 0 aliphatic carbocycles. The van der Waals surface area contributed by atoms with Gasteiger partial charge in [-0.05, 0) is 50.5 Å². The number of hydrogen-bond donors (Lipinski definition) is 0. The van der Waals surface area contributed by atoms with E-state index < -0.39 is 0 Å². The van der Waals surface area contributed by atoms with Crippen molar-refractivity contribution in [1.82, 2.24) is 14.8 Å². The SMILES string of the molecule is CC[C@@H](C)N(CC(=O)N(Cc1ccco1)C[C@H]1CCCO1)C(=O)c1ccncc1. The molecule has 0 saturated carbocycles. The van der Waals surface area contributed by atoms with E-state index in [4.69, 9.17) is 9.15 Å². The number of amides is 2. The molecule has 2 aromatic heterocycles. The lowest BCUT2D eigenvalue weighted by molar-refractivity contribution is -0.134. The van der Waals surface area contributed by atoms with E-state index in [1.165, 1.54) is 0 Å². The molecule has 3 heterocycles. The Hall–Kier alpha value is -2.67. The van der Waals surface area contributed by atoms with Crippen molar-refractivity contribution in [3.8, 4) is 0 Å². The third kappa shape index (κ3) is 5.67. The standard InChI is InChI=1S/C22H29N3O4/c1-3-17(2)25(22(27)18-8-10-23-11-9-18)16-21(26)24(14-19-6-4-12-28-19)15-20-7-5-13-29-20/h4,6,8-12,17,20H,3,5,7,13-16H2,1-2H3/t17-,20-/m1/s1. The van der Waals surface area contributed by atoms with Crippen molar-refractivity contribution in [2.45, 2.75) is 51.8 Å². The molecule has 1 aliphatic rings. The van der Waals surface area contributed by atoms with Crippen LogP contribution in [0, 0.1) is 0 Å². The van der Waals surface area contributed by atoms with Crippen molar-refractivity contribution < 1.29 is 18.7 Å². The van der Waals surface area contributed by atoms with Crippen molar-refractivity contribution in [1.29, 1.82) is 0 Å². The fourth-order valence-electron chi connectivity index (χ4n) is 3.43. The molecule has 0 spiro atoms. The summed E-state index contributed by atoms with van der Waals surface area (Å²) in [6.07, 6.45) is 7.51. The summed E-state index contributed by atoms with van der Waals surface area (Å²) in [7, 11) is 0. The lowest BCUT2D eigenvalue weighted by Gasteiger charge is -2.32. The summed E-state index contributed by atoms with van der Waals surface area (Å²) in [6, 6.07) is 6.95. The number of carbonyl (C=O) groups excluding carboxylic acids is 2. The predicted molar refractivity (Wildman–Crippen MR) is 108 cm³/mol. The van der Waals surface area contributed by atoms with Gasteiger partial charge in [0, 0.05) is 37.2 Å². The molecule has 0 aromatic carbocycles. The van der Waals surface area contributed by atoms with Gasteiger partial charge in [-0.25, -0.2) is 0 Å². The molecule has 1 saturated heterocycles. The molecule has 7 heteroatoms. The molecular formula is C22H29N3O4. The molecule has 0 N–H and O–H groups in total. The van der Waals surface area contributed by atoms with Crippen LogP contribution in [-0.2, 0) is 16.1 Å². The number of hydrogen-bond acceptors (Lipinski definition) is 5. The smallest absolute Gasteiger partial charge is 0.254 e. The summed E-state index contributed by atoms with van der Waals surface area (Å²) in [5.41, 5.74) is 0.532. The molecular weight excluding hydrogens is 370 g/mol. The Morgan fingerprint density at radius 3 is 2.69 bits per heavy atom. The Kier molecular flexibility index (Phi) is 7.41. The second kappa shape index (κ2) is 10.2. The minimum Gasteiger partial charge on any atom is -0.467 e. The zero-order valence-electron chi connectivity index (χ0n) is 17.1. The van der Waals surface area contributed by atoms with E-state index in [0.717, 1.165) is 25.9 Å². The molecule has 156 valence electrons. The fraction of sp³-hybridized carbons (Fsp3) is 0.500. The first kappa shape index (κ1) is 21.0. The van der Waals surface area contributed by atoms with Gasteiger partial charge in [-0.3, -0.25) is 14.6 Å². The second-order valence-corrected chi connectivity index (χ2v) is 7.41. The maximum Gasteiger partial charge on any atom is 0.254 e. The summed E-state index contributed by atoms with van der Waals surface area (Å²) in [6.45, 7) is 5.58.